The first kappa shape index (κ1) is 14.2. The van der Waals surface area contributed by atoms with E-state index in [9.17, 15) is 9.18 Å². The molecule has 98 valence electrons. The molecule has 4 nitrogen and oxygen atoms in total. The summed E-state index contributed by atoms with van der Waals surface area (Å²) in [6.45, 7) is 1.17. The summed E-state index contributed by atoms with van der Waals surface area (Å²) in [4.78, 5) is 11.4. The molecule has 18 heavy (non-hydrogen) atoms. The molecular formula is C13H17FN2O2. The number of amides is 1. The van der Waals surface area contributed by atoms with Gasteiger partial charge in [-0.2, -0.15) is 0 Å². The van der Waals surface area contributed by atoms with Crippen LogP contribution in [0, 0.1) is 5.82 Å². The van der Waals surface area contributed by atoms with E-state index in [1.54, 1.807) is 19.3 Å². The van der Waals surface area contributed by atoms with Crippen LogP contribution in [0.4, 0.5) is 10.1 Å². The van der Waals surface area contributed by atoms with Crippen LogP contribution < -0.4 is 11.1 Å². The monoisotopic (exact) mass is 252 g/mol. The second kappa shape index (κ2) is 7.45. The van der Waals surface area contributed by atoms with Crippen molar-refractivity contribution in [1.29, 1.82) is 0 Å². The maximum atomic E-state index is 12.9. The molecule has 0 aliphatic heterocycles. The molecule has 1 rings (SSSR count). The lowest BCUT2D eigenvalue weighted by molar-refractivity contribution is -0.116. The molecule has 1 amide bonds. The molecule has 0 saturated carbocycles. The highest BCUT2D eigenvalue weighted by Crippen LogP contribution is 2.13. The Bertz CT molecular complexity index is 433. The smallest absolute Gasteiger partial charge is 0.244 e. The van der Waals surface area contributed by atoms with Crippen LogP contribution in [0.2, 0.25) is 0 Å². The molecule has 0 unspecified atom stereocenters. The number of hydrogen-bond acceptors (Lipinski definition) is 3. The van der Waals surface area contributed by atoms with Gasteiger partial charge in [0, 0.05) is 26.3 Å². The Morgan fingerprint density at radius 2 is 2.33 bits per heavy atom. The number of nitrogens with two attached hydrogens (primary N) is 1. The Hall–Kier alpha value is -1.88. The van der Waals surface area contributed by atoms with Crippen LogP contribution in [-0.2, 0) is 9.53 Å². The first-order valence-corrected chi connectivity index (χ1v) is 5.63. The van der Waals surface area contributed by atoms with E-state index in [2.05, 4.69) is 5.32 Å². The van der Waals surface area contributed by atoms with Gasteiger partial charge >= 0.3 is 0 Å². The molecule has 3 N–H and O–H groups in total. The summed E-state index contributed by atoms with van der Waals surface area (Å²) in [6.07, 6.45) is 3.74. The quantitative estimate of drug-likeness (QED) is 0.459. The Balaban J connectivity index is 2.43. The summed E-state index contributed by atoms with van der Waals surface area (Å²) < 4.78 is 17.8. The highest BCUT2D eigenvalue weighted by molar-refractivity contribution is 5.91. The lowest BCUT2D eigenvalue weighted by atomic mass is 10.2. The van der Waals surface area contributed by atoms with Gasteiger partial charge in [0.1, 0.15) is 5.82 Å². The maximum Gasteiger partial charge on any atom is 0.244 e. The molecule has 0 radical (unpaired) electrons. The zero-order valence-electron chi connectivity index (χ0n) is 10.3. The summed E-state index contributed by atoms with van der Waals surface area (Å²) in [5.41, 5.74) is 6.17. The van der Waals surface area contributed by atoms with E-state index in [0.29, 0.717) is 18.7 Å². The minimum Gasteiger partial charge on any atom is -0.396 e. The third kappa shape index (κ3) is 4.97. The van der Waals surface area contributed by atoms with Gasteiger partial charge in [-0.25, -0.2) is 4.39 Å². The predicted molar refractivity (Wildman–Crippen MR) is 69.3 cm³/mol. The van der Waals surface area contributed by atoms with Crippen LogP contribution >= 0.6 is 0 Å². The molecule has 0 spiro atoms. The fraction of sp³-hybridized carbons (Fsp3) is 0.308. The first-order chi connectivity index (χ1) is 8.63. The minimum atomic E-state index is -0.462. The second-order valence-electron chi connectivity index (χ2n) is 3.75. The van der Waals surface area contributed by atoms with Gasteiger partial charge in [0.2, 0.25) is 5.91 Å². The van der Waals surface area contributed by atoms with E-state index in [1.807, 2.05) is 0 Å². The van der Waals surface area contributed by atoms with Crippen molar-refractivity contribution in [3.8, 4) is 0 Å². The zero-order chi connectivity index (χ0) is 13.4. The van der Waals surface area contributed by atoms with Crippen LogP contribution in [0.3, 0.4) is 0 Å². The van der Waals surface area contributed by atoms with Crippen molar-refractivity contribution in [2.45, 2.75) is 6.42 Å². The van der Waals surface area contributed by atoms with Crippen LogP contribution in [0.25, 0.3) is 6.08 Å². The van der Waals surface area contributed by atoms with Gasteiger partial charge in [0.25, 0.3) is 0 Å². The van der Waals surface area contributed by atoms with Crippen LogP contribution in [0.1, 0.15) is 12.0 Å². The molecule has 0 aromatic heterocycles. The van der Waals surface area contributed by atoms with Gasteiger partial charge in [-0.3, -0.25) is 4.79 Å². The molecular weight excluding hydrogens is 235 g/mol. The van der Waals surface area contributed by atoms with Crippen molar-refractivity contribution in [2.75, 3.05) is 26.0 Å². The van der Waals surface area contributed by atoms with Crippen molar-refractivity contribution >= 4 is 17.7 Å². The van der Waals surface area contributed by atoms with Gasteiger partial charge < -0.3 is 15.8 Å². The zero-order valence-corrected chi connectivity index (χ0v) is 10.3. The van der Waals surface area contributed by atoms with Crippen molar-refractivity contribution in [3.05, 3.63) is 35.7 Å². The first-order valence-electron chi connectivity index (χ1n) is 5.63. The Kier molecular flexibility index (Phi) is 5.87. The number of rotatable bonds is 6. The fourth-order valence-corrected chi connectivity index (χ4v) is 1.32. The average Bonchev–Trinajstić information content (AvgIpc) is 2.36. The van der Waals surface area contributed by atoms with E-state index in [4.69, 9.17) is 10.5 Å². The number of nitrogens with one attached hydrogen (secondary N) is 1. The summed E-state index contributed by atoms with van der Waals surface area (Å²) in [5, 5.41) is 2.70. The van der Waals surface area contributed by atoms with E-state index in [-0.39, 0.29) is 11.6 Å². The number of hydrogen-bond donors (Lipinski definition) is 2. The number of carbonyl (C=O) groups is 1. The van der Waals surface area contributed by atoms with Gasteiger partial charge in [0.05, 0.1) is 5.69 Å². The second-order valence-corrected chi connectivity index (χ2v) is 3.75. The van der Waals surface area contributed by atoms with Crippen molar-refractivity contribution in [3.63, 3.8) is 0 Å². The van der Waals surface area contributed by atoms with Crippen LogP contribution in [-0.4, -0.2) is 26.2 Å². The van der Waals surface area contributed by atoms with Crippen LogP contribution in [0.15, 0.2) is 24.3 Å². The molecule has 0 fully saturated rings. The third-order valence-corrected chi connectivity index (χ3v) is 2.27. The lowest BCUT2D eigenvalue weighted by Gasteiger charge is -2.01. The number of benzene rings is 1. The van der Waals surface area contributed by atoms with E-state index in [0.717, 1.165) is 6.42 Å². The SMILES string of the molecule is COCCCNC(=O)/C=C/c1ccc(F)c(N)c1. The lowest BCUT2D eigenvalue weighted by Crippen LogP contribution is -2.22. The molecule has 5 heteroatoms. The summed E-state index contributed by atoms with van der Waals surface area (Å²) in [5.74, 6) is -0.662. The molecule has 0 aliphatic carbocycles. The van der Waals surface area contributed by atoms with Gasteiger partial charge in [-0.05, 0) is 30.2 Å². The standard InChI is InChI=1S/C13H17FN2O2/c1-18-8-2-7-16-13(17)6-4-10-3-5-11(14)12(15)9-10/h3-6,9H,2,7-8,15H2,1H3,(H,16,17)/b6-4+. The van der Waals surface area contributed by atoms with Crippen LogP contribution in [0.5, 0.6) is 0 Å². The number of halogens is 1. The number of anilines is 1. The average molecular weight is 252 g/mol. The van der Waals surface area contributed by atoms with Crippen molar-refractivity contribution < 1.29 is 13.9 Å². The topological polar surface area (TPSA) is 64.3 Å². The van der Waals surface area contributed by atoms with E-state index in [1.165, 1.54) is 18.2 Å². The Morgan fingerprint density at radius 1 is 1.56 bits per heavy atom. The molecule has 0 aliphatic rings. The largest absolute Gasteiger partial charge is 0.396 e. The summed E-state index contributed by atoms with van der Waals surface area (Å²) >= 11 is 0. The molecule has 0 saturated heterocycles. The fourth-order valence-electron chi connectivity index (χ4n) is 1.32. The molecule has 0 heterocycles. The molecule has 1 aromatic carbocycles. The summed E-state index contributed by atoms with van der Waals surface area (Å²) in [6, 6.07) is 4.30. The van der Waals surface area contributed by atoms with Crippen molar-refractivity contribution in [1.82, 2.24) is 5.32 Å². The Morgan fingerprint density at radius 3 is 3.00 bits per heavy atom. The van der Waals surface area contributed by atoms with Gasteiger partial charge in [0.15, 0.2) is 0 Å². The highest BCUT2D eigenvalue weighted by Gasteiger charge is 1.98. The normalized spacial score (nSPS) is 10.8. The van der Waals surface area contributed by atoms with Gasteiger partial charge in [-0.15, -0.1) is 0 Å². The molecule has 0 atom stereocenters. The van der Waals surface area contributed by atoms with E-state index >= 15 is 0 Å². The number of nitrogen functional groups attached to an aromatic ring is 1. The number of methoxy groups -OCH3 is 1. The van der Waals surface area contributed by atoms with E-state index < -0.39 is 5.82 Å². The minimum absolute atomic E-state index is 0.0673. The molecule has 1 aromatic rings. The number of ether oxygens (including phenoxy) is 1. The number of carbonyl (C=O) groups excluding carboxylic acids is 1. The predicted octanol–water partition coefficient (Wildman–Crippen LogP) is 1.57. The third-order valence-electron chi connectivity index (χ3n) is 2.27. The van der Waals surface area contributed by atoms with Crippen molar-refractivity contribution in [2.24, 2.45) is 0 Å². The van der Waals surface area contributed by atoms with Gasteiger partial charge in [-0.1, -0.05) is 6.07 Å². The summed E-state index contributed by atoms with van der Waals surface area (Å²) in [7, 11) is 1.61. The highest BCUT2D eigenvalue weighted by atomic mass is 19.1. The Labute approximate surface area is 106 Å². The maximum absolute atomic E-state index is 12.9. The molecule has 0 bridgehead atoms.